The molecular weight excluding hydrogens is 233 g/mol. The van der Waals surface area contributed by atoms with Crippen LogP contribution in [0.2, 0.25) is 0 Å². The fraction of sp³-hybridized carbons (Fsp3) is 0.214. The molecule has 0 fully saturated rings. The SMILES string of the molecule is Cc1ccc(Oc2ccc([C@@H](C)O)cc2F)cn1. The minimum Gasteiger partial charge on any atom is -0.453 e. The van der Waals surface area contributed by atoms with Crippen molar-refractivity contribution in [3.8, 4) is 11.5 Å². The highest BCUT2D eigenvalue weighted by Crippen LogP contribution is 2.26. The van der Waals surface area contributed by atoms with Gasteiger partial charge in [-0.3, -0.25) is 4.98 Å². The minimum absolute atomic E-state index is 0.116. The van der Waals surface area contributed by atoms with E-state index in [1.165, 1.54) is 18.3 Å². The van der Waals surface area contributed by atoms with Crippen molar-refractivity contribution in [3.63, 3.8) is 0 Å². The number of aromatic nitrogens is 1. The lowest BCUT2D eigenvalue weighted by atomic mass is 10.1. The first-order valence-electron chi connectivity index (χ1n) is 5.64. The van der Waals surface area contributed by atoms with Gasteiger partial charge in [-0.1, -0.05) is 6.07 Å². The first-order chi connectivity index (χ1) is 8.56. The Bertz CT molecular complexity index is 538. The maximum atomic E-state index is 13.7. The zero-order valence-corrected chi connectivity index (χ0v) is 10.2. The summed E-state index contributed by atoms with van der Waals surface area (Å²) in [7, 11) is 0. The van der Waals surface area contributed by atoms with E-state index in [4.69, 9.17) is 4.74 Å². The fourth-order valence-corrected chi connectivity index (χ4v) is 1.50. The second-order valence-corrected chi connectivity index (χ2v) is 4.10. The van der Waals surface area contributed by atoms with Crippen molar-refractivity contribution in [2.75, 3.05) is 0 Å². The van der Waals surface area contributed by atoms with Crippen LogP contribution in [0.25, 0.3) is 0 Å². The third-order valence-corrected chi connectivity index (χ3v) is 2.55. The first kappa shape index (κ1) is 12.5. The molecule has 3 nitrogen and oxygen atoms in total. The van der Waals surface area contributed by atoms with Crippen molar-refractivity contribution >= 4 is 0 Å². The molecule has 2 aromatic rings. The van der Waals surface area contributed by atoms with E-state index in [-0.39, 0.29) is 5.75 Å². The molecular formula is C14H14FNO2. The second-order valence-electron chi connectivity index (χ2n) is 4.10. The van der Waals surface area contributed by atoms with E-state index >= 15 is 0 Å². The Morgan fingerprint density at radius 1 is 1.28 bits per heavy atom. The normalized spacial score (nSPS) is 12.2. The minimum atomic E-state index is -0.699. The number of aliphatic hydroxyl groups is 1. The average Bonchev–Trinajstić information content (AvgIpc) is 2.34. The highest BCUT2D eigenvalue weighted by Gasteiger charge is 2.08. The number of hydrogen-bond acceptors (Lipinski definition) is 3. The molecule has 1 heterocycles. The fourth-order valence-electron chi connectivity index (χ4n) is 1.50. The van der Waals surface area contributed by atoms with Crippen LogP contribution in [0.4, 0.5) is 4.39 Å². The Morgan fingerprint density at radius 3 is 2.61 bits per heavy atom. The van der Waals surface area contributed by atoms with Crippen molar-refractivity contribution in [2.24, 2.45) is 0 Å². The zero-order valence-electron chi connectivity index (χ0n) is 10.2. The number of rotatable bonds is 3. The molecule has 4 heteroatoms. The number of hydrogen-bond donors (Lipinski definition) is 1. The van der Waals surface area contributed by atoms with Gasteiger partial charge in [0.15, 0.2) is 11.6 Å². The lowest BCUT2D eigenvalue weighted by molar-refractivity contribution is 0.198. The summed E-state index contributed by atoms with van der Waals surface area (Å²) in [4.78, 5) is 4.06. The second kappa shape index (κ2) is 5.14. The molecule has 0 bridgehead atoms. The zero-order chi connectivity index (χ0) is 13.1. The molecule has 0 unspecified atom stereocenters. The Labute approximate surface area is 105 Å². The Kier molecular flexibility index (Phi) is 3.58. The van der Waals surface area contributed by atoms with Crippen molar-refractivity contribution < 1.29 is 14.2 Å². The number of nitrogens with zero attached hydrogens (tertiary/aromatic N) is 1. The molecule has 0 saturated heterocycles. The molecule has 1 aromatic heterocycles. The molecule has 0 amide bonds. The number of aliphatic hydroxyl groups excluding tert-OH is 1. The maximum Gasteiger partial charge on any atom is 0.166 e. The van der Waals surface area contributed by atoms with Crippen LogP contribution in [0.3, 0.4) is 0 Å². The van der Waals surface area contributed by atoms with Crippen molar-refractivity contribution in [1.82, 2.24) is 4.98 Å². The molecule has 0 aliphatic rings. The Hall–Kier alpha value is -1.94. The Balaban J connectivity index is 2.22. The van der Waals surface area contributed by atoms with Gasteiger partial charge in [-0.2, -0.15) is 0 Å². The van der Waals surface area contributed by atoms with Crippen LogP contribution >= 0.6 is 0 Å². The highest BCUT2D eigenvalue weighted by molar-refractivity contribution is 5.34. The number of pyridine rings is 1. The lowest BCUT2D eigenvalue weighted by Crippen LogP contribution is -1.95. The van der Waals surface area contributed by atoms with Gasteiger partial charge >= 0.3 is 0 Å². The predicted octanol–water partition coefficient (Wildman–Crippen LogP) is 3.37. The van der Waals surface area contributed by atoms with Gasteiger partial charge in [0.1, 0.15) is 5.75 Å². The van der Waals surface area contributed by atoms with E-state index in [1.807, 2.05) is 6.92 Å². The van der Waals surface area contributed by atoms with Gasteiger partial charge in [0.2, 0.25) is 0 Å². The third kappa shape index (κ3) is 2.84. The number of ether oxygens (including phenoxy) is 1. The van der Waals surface area contributed by atoms with Crippen molar-refractivity contribution in [3.05, 3.63) is 53.6 Å². The summed E-state index contributed by atoms with van der Waals surface area (Å²) in [5.41, 5.74) is 1.38. The van der Waals surface area contributed by atoms with E-state index in [0.29, 0.717) is 11.3 Å². The van der Waals surface area contributed by atoms with E-state index in [9.17, 15) is 9.50 Å². The monoisotopic (exact) mass is 247 g/mol. The summed E-state index contributed by atoms with van der Waals surface area (Å²) in [5.74, 6) is 0.0864. The molecule has 1 atom stereocenters. The Morgan fingerprint density at radius 2 is 2.06 bits per heavy atom. The lowest BCUT2D eigenvalue weighted by Gasteiger charge is -2.09. The topological polar surface area (TPSA) is 42.4 Å². The third-order valence-electron chi connectivity index (χ3n) is 2.55. The molecule has 0 spiro atoms. The summed E-state index contributed by atoms with van der Waals surface area (Å²) < 4.78 is 19.1. The number of halogens is 1. The molecule has 0 aliphatic heterocycles. The average molecular weight is 247 g/mol. The van der Waals surface area contributed by atoms with E-state index < -0.39 is 11.9 Å². The predicted molar refractivity (Wildman–Crippen MR) is 66.1 cm³/mol. The summed E-state index contributed by atoms with van der Waals surface area (Å²) in [6.07, 6.45) is 0.840. The van der Waals surface area contributed by atoms with Crippen LogP contribution in [0.1, 0.15) is 24.3 Å². The standard InChI is InChI=1S/C14H14FNO2/c1-9-3-5-12(8-16-9)18-14-6-4-11(10(2)17)7-13(14)15/h3-8,10,17H,1-2H3/t10-/m1/s1. The van der Waals surface area contributed by atoms with E-state index in [2.05, 4.69) is 4.98 Å². The van der Waals surface area contributed by atoms with Gasteiger partial charge < -0.3 is 9.84 Å². The largest absolute Gasteiger partial charge is 0.453 e. The van der Waals surface area contributed by atoms with Crippen LogP contribution in [0.15, 0.2) is 36.5 Å². The van der Waals surface area contributed by atoms with E-state index in [0.717, 1.165) is 5.69 Å². The molecule has 1 N–H and O–H groups in total. The van der Waals surface area contributed by atoms with Gasteiger partial charge in [0.25, 0.3) is 0 Å². The number of benzene rings is 1. The molecule has 0 saturated carbocycles. The van der Waals surface area contributed by atoms with Gasteiger partial charge in [0.05, 0.1) is 12.3 Å². The van der Waals surface area contributed by atoms with E-state index in [1.54, 1.807) is 25.1 Å². The van der Waals surface area contributed by atoms with Crippen LogP contribution < -0.4 is 4.74 Å². The number of aryl methyl sites for hydroxylation is 1. The van der Waals surface area contributed by atoms with Crippen LogP contribution in [-0.2, 0) is 0 Å². The van der Waals surface area contributed by atoms with Crippen LogP contribution in [0.5, 0.6) is 11.5 Å². The molecule has 2 rings (SSSR count). The molecule has 1 aromatic carbocycles. The van der Waals surface area contributed by atoms with Gasteiger partial charge in [-0.05, 0) is 43.7 Å². The summed E-state index contributed by atoms with van der Waals surface area (Å²) in [5, 5.41) is 9.34. The first-order valence-corrected chi connectivity index (χ1v) is 5.64. The maximum absolute atomic E-state index is 13.7. The molecule has 94 valence electrons. The van der Waals surface area contributed by atoms with Crippen molar-refractivity contribution in [2.45, 2.75) is 20.0 Å². The van der Waals surface area contributed by atoms with Gasteiger partial charge in [0, 0.05) is 5.69 Å². The molecule has 0 aliphatic carbocycles. The molecule has 18 heavy (non-hydrogen) atoms. The van der Waals surface area contributed by atoms with Gasteiger partial charge in [-0.25, -0.2) is 4.39 Å². The summed E-state index contributed by atoms with van der Waals surface area (Å²) in [6.45, 7) is 3.45. The quantitative estimate of drug-likeness (QED) is 0.904. The molecule has 0 radical (unpaired) electrons. The smallest absolute Gasteiger partial charge is 0.166 e. The van der Waals surface area contributed by atoms with Gasteiger partial charge in [-0.15, -0.1) is 0 Å². The summed E-state index contributed by atoms with van der Waals surface area (Å²) >= 11 is 0. The van der Waals surface area contributed by atoms with Crippen LogP contribution in [-0.4, -0.2) is 10.1 Å². The summed E-state index contributed by atoms with van der Waals surface area (Å²) in [6, 6.07) is 7.91. The highest BCUT2D eigenvalue weighted by atomic mass is 19.1. The van der Waals surface area contributed by atoms with Crippen LogP contribution in [0, 0.1) is 12.7 Å². The van der Waals surface area contributed by atoms with Crippen molar-refractivity contribution in [1.29, 1.82) is 0 Å².